The minimum absolute atomic E-state index is 0.0202. The highest BCUT2D eigenvalue weighted by atomic mass is 16.5. The van der Waals surface area contributed by atoms with E-state index in [0.717, 1.165) is 16.7 Å². The minimum atomic E-state index is -0.116. The molecule has 0 bridgehead atoms. The van der Waals surface area contributed by atoms with Crippen LogP contribution in [0.15, 0.2) is 48.5 Å². The molecule has 0 aliphatic heterocycles. The standard InChI is InChI=1S/C18H18N2O3/c19-8-9-23-17-7-3-4-14(10-17)11-18(22)20-12-15-5-1-2-6-16(15)13-21/h1-7,10,21H,9,11-13H2,(H,20,22). The number of aliphatic hydroxyl groups excluding tert-OH is 1. The Balaban J connectivity index is 1.91. The van der Waals surface area contributed by atoms with Crippen LogP contribution in [0, 0.1) is 11.3 Å². The summed E-state index contributed by atoms with van der Waals surface area (Å²) >= 11 is 0. The van der Waals surface area contributed by atoms with Crippen LogP contribution in [-0.2, 0) is 24.4 Å². The first kappa shape index (κ1) is 16.5. The van der Waals surface area contributed by atoms with E-state index in [1.807, 2.05) is 36.4 Å². The van der Waals surface area contributed by atoms with Gasteiger partial charge in [0.2, 0.25) is 5.91 Å². The summed E-state index contributed by atoms with van der Waals surface area (Å²) in [5.41, 5.74) is 2.52. The Hall–Kier alpha value is -2.84. The zero-order valence-corrected chi connectivity index (χ0v) is 12.7. The quantitative estimate of drug-likeness (QED) is 0.819. The van der Waals surface area contributed by atoms with Gasteiger partial charge in [-0.3, -0.25) is 4.79 Å². The average Bonchev–Trinajstić information content (AvgIpc) is 2.58. The number of carbonyl (C=O) groups is 1. The molecular weight excluding hydrogens is 292 g/mol. The van der Waals surface area contributed by atoms with Gasteiger partial charge in [0.05, 0.1) is 13.0 Å². The number of hydrogen-bond donors (Lipinski definition) is 2. The van der Waals surface area contributed by atoms with Crippen LogP contribution in [0.3, 0.4) is 0 Å². The summed E-state index contributed by atoms with van der Waals surface area (Å²) in [6, 6.07) is 16.5. The van der Waals surface area contributed by atoms with Gasteiger partial charge in [-0.05, 0) is 28.8 Å². The molecule has 0 fully saturated rings. The third-order valence-electron chi connectivity index (χ3n) is 3.33. The van der Waals surface area contributed by atoms with Gasteiger partial charge < -0.3 is 15.2 Å². The molecule has 118 valence electrons. The molecule has 0 aliphatic carbocycles. The lowest BCUT2D eigenvalue weighted by atomic mass is 10.1. The number of ether oxygens (including phenoxy) is 1. The van der Waals surface area contributed by atoms with E-state index < -0.39 is 0 Å². The number of nitrogens with one attached hydrogen (secondary N) is 1. The zero-order chi connectivity index (χ0) is 16.5. The molecule has 0 radical (unpaired) electrons. The third-order valence-corrected chi connectivity index (χ3v) is 3.33. The number of hydrogen-bond acceptors (Lipinski definition) is 4. The summed E-state index contributed by atoms with van der Waals surface area (Å²) in [5, 5.41) is 20.6. The number of amides is 1. The maximum Gasteiger partial charge on any atom is 0.224 e. The smallest absolute Gasteiger partial charge is 0.224 e. The molecule has 0 aromatic heterocycles. The molecule has 0 saturated heterocycles. The molecule has 5 heteroatoms. The fourth-order valence-electron chi connectivity index (χ4n) is 2.19. The molecule has 23 heavy (non-hydrogen) atoms. The Morgan fingerprint density at radius 1 is 1.17 bits per heavy atom. The van der Waals surface area contributed by atoms with Crippen molar-refractivity contribution >= 4 is 5.91 Å². The van der Waals surface area contributed by atoms with Gasteiger partial charge in [-0.1, -0.05) is 36.4 Å². The maximum absolute atomic E-state index is 12.0. The van der Waals surface area contributed by atoms with Gasteiger partial charge in [0.1, 0.15) is 11.8 Å². The number of nitriles is 1. The van der Waals surface area contributed by atoms with Gasteiger partial charge in [-0.25, -0.2) is 0 Å². The van der Waals surface area contributed by atoms with E-state index in [1.54, 1.807) is 18.2 Å². The molecule has 2 aromatic carbocycles. The van der Waals surface area contributed by atoms with E-state index in [0.29, 0.717) is 12.3 Å². The van der Waals surface area contributed by atoms with Crippen molar-refractivity contribution in [1.82, 2.24) is 5.32 Å². The Bertz CT molecular complexity index is 707. The van der Waals surface area contributed by atoms with E-state index in [9.17, 15) is 9.90 Å². The normalized spacial score (nSPS) is 9.91. The highest BCUT2D eigenvalue weighted by molar-refractivity contribution is 5.78. The lowest BCUT2D eigenvalue weighted by Gasteiger charge is -2.09. The number of nitrogens with zero attached hydrogens (tertiary/aromatic N) is 1. The molecule has 0 atom stereocenters. The minimum Gasteiger partial charge on any atom is -0.479 e. The lowest BCUT2D eigenvalue weighted by molar-refractivity contribution is -0.120. The van der Waals surface area contributed by atoms with Gasteiger partial charge in [0, 0.05) is 6.54 Å². The van der Waals surface area contributed by atoms with E-state index in [-0.39, 0.29) is 25.5 Å². The van der Waals surface area contributed by atoms with Crippen LogP contribution in [0.4, 0.5) is 0 Å². The van der Waals surface area contributed by atoms with Crippen molar-refractivity contribution in [1.29, 1.82) is 5.26 Å². The second-order valence-corrected chi connectivity index (χ2v) is 4.97. The molecule has 2 aromatic rings. The van der Waals surface area contributed by atoms with Crippen molar-refractivity contribution in [2.45, 2.75) is 19.6 Å². The Morgan fingerprint density at radius 3 is 2.70 bits per heavy atom. The number of benzene rings is 2. The fourth-order valence-corrected chi connectivity index (χ4v) is 2.19. The van der Waals surface area contributed by atoms with E-state index in [4.69, 9.17) is 10.00 Å². The monoisotopic (exact) mass is 310 g/mol. The molecule has 0 aliphatic rings. The largest absolute Gasteiger partial charge is 0.479 e. The molecule has 0 spiro atoms. The number of carbonyl (C=O) groups excluding carboxylic acids is 1. The van der Waals surface area contributed by atoms with Gasteiger partial charge >= 0.3 is 0 Å². The fraction of sp³-hybridized carbons (Fsp3) is 0.222. The maximum atomic E-state index is 12.0. The Kier molecular flexibility index (Phi) is 6.16. The van der Waals surface area contributed by atoms with Gasteiger partial charge in [-0.15, -0.1) is 0 Å². The van der Waals surface area contributed by atoms with Crippen molar-refractivity contribution < 1.29 is 14.6 Å². The van der Waals surface area contributed by atoms with Crippen molar-refractivity contribution in [2.24, 2.45) is 0 Å². The summed E-state index contributed by atoms with van der Waals surface area (Å²) < 4.78 is 5.22. The molecule has 0 heterocycles. The highest BCUT2D eigenvalue weighted by Gasteiger charge is 2.06. The van der Waals surface area contributed by atoms with Crippen LogP contribution >= 0.6 is 0 Å². The summed E-state index contributed by atoms with van der Waals surface area (Å²) in [6.07, 6.45) is 0.227. The number of aliphatic hydroxyl groups is 1. The van der Waals surface area contributed by atoms with E-state index >= 15 is 0 Å². The molecular formula is C18H18N2O3. The van der Waals surface area contributed by atoms with Crippen LogP contribution < -0.4 is 10.1 Å². The first-order chi connectivity index (χ1) is 11.2. The second kappa shape index (κ2) is 8.57. The van der Waals surface area contributed by atoms with E-state index in [2.05, 4.69) is 5.32 Å². The summed E-state index contributed by atoms with van der Waals surface area (Å²) in [6.45, 7) is 0.304. The summed E-state index contributed by atoms with van der Waals surface area (Å²) in [4.78, 5) is 12.0. The third kappa shape index (κ3) is 5.13. The van der Waals surface area contributed by atoms with Crippen molar-refractivity contribution in [3.8, 4) is 11.8 Å². The van der Waals surface area contributed by atoms with Gasteiger partial charge in [-0.2, -0.15) is 5.26 Å². The molecule has 2 rings (SSSR count). The van der Waals surface area contributed by atoms with Crippen LogP contribution in [0.2, 0.25) is 0 Å². The molecule has 2 N–H and O–H groups in total. The Morgan fingerprint density at radius 2 is 1.96 bits per heavy atom. The van der Waals surface area contributed by atoms with Crippen LogP contribution in [-0.4, -0.2) is 17.6 Å². The Labute approximate surface area is 135 Å². The predicted molar refractivity (Wildman–Crippen MR) is 85.5 cm³/mol. The molecule has 5 nitrogen and oxygen atoms in total. The lowest BCUT2D eigenvalue weighted by Crippen LogP contribution is -2.25. The van der Waals surface area contributed by atoms with Gasteiger partial charge in [0.25, 0.3) is 0 Å². The molecule has 1 amide bonds. The van der Waals surface area contributed by atoms with Crippen molar-refractivity contribution in [3.63, 3.8) is 0 Å². The second-order valence-electron chi connectivity index (χ2n) is 4.97. The van der Waals surface area contributed by atoms with Gasteiger partial charge in [0.15, 0.2) is 6.61 Å². The molecule has 0 unspecified atom stereocenters. The predicted octanol–water partition coefficient (Wildman–Crippen LogP) is 1.94. The van der Waals surface area contributed by atoms with Crippen LogP contribution in [0.1, 0.15) is 16.7 Å². The average molecular weight is 310 g/mol. The summed E-state index contributed by atoms with van der Waals surface area (Å²) in [5.74, 6) is 0.456. The van der Waals surface area contributed by atoms with E-state index in [1.165, 1.54) is 0 Å². The zero-order valence-electron chi connectivity index (χ0n) is 12.7. The van der Waals surface area contributed by atoms with Crippen molar-refractivity contribution in [3.05, 3.63) is 65.2 Å². The highest BCUT2D eigenvalue weighted by Crippen LogP contribution is 2.14. The number of rotatable bonds is 7. The topological polar surface area (TPSA) is 82.3 Å². The van der Waals surface area contributed by atoms with Crippen LogP contribution in [0.5, 0.6) is 5.75 Å². The summed E-state index contributed by atoms with van der Waals surface area (Å²) in [7, 11) is 0. The first-order valence-electron chi connectivity index (χ1n) is 7.26. The SMILES string of the molecule is N#CCOc1cccc(CC(=O)NCc2ccccc2CO)c1. The first-order valence-corrected chi connectivity index (χ1v) is 7.26. The molecule has 0 saturated carbocycles. The van der Waals surface area contributed by atoms with Crippen molar-refractivity contribution in [2.75, 3.05) is 6.61 Å². The van der Waals surface area contributed by atoms with Crippen LogP contribution in [0.25, 0.3) is 0 Å².